The van der Waals surface area contributed by atoms with Gasteiger partial charge in [0.05, 0.1) is 12.5 Å². The smallest absolute Gasteiger partial charge is 0.334 e. The van der Waals surface area contributed by atoms with Crippen LogP contribution in [0, 0.1) is 22.7 Å². The highest BCUT2D eigenvalue weighted by Gasteiger charge is 2.60. The Kier molecular flexibility index (Phi) is 3.44. The van der Waals surface area contributed by atoms with Crippen molar-refractivity contribution in [2.45, 2.75) is 52.4 Å². The van der Waals surface area contributed by atoms with E-state index in [9.17, 15) is 4.79 Å². The maximum absolute atomic E-state index is 12.2. The molecule has 1 aliphatic heterocycles. The second kappa shape index (κ2) is 5.25. The van der Waals surface area contributed by atoms with Crippen molar-refractivity contribution in [3.63, 3.8) is 0 Å². The molecule has 2 fully saturated rings. The maximum Gasteiger partial charge on any atom is 0.334 e. The Hall–Kier alpha value is -1.51. The number of rotatable bonds is 3. The number of hydrogen-bond donors (Lipinski definition) is 0. The van der Waals surface area contributed by atoms with Crippen molar-refractivity contribution in [3.8, 4) is 0 Å². The summed E-state index contributed by atoms with van der Waals surface area (Å²) in [6.45, 7) is 5.46. The van der Waals surface area contributed by atoms with Crippen molar-refractivity contribution >= 4 is 5.97 Å². The van der Waals surface area contributed by atoms with Gasteiger partial charge in [-0.3, -0.25) is 0 Å². The van der Waals surface area contributed by atoms with Gasteiger partial charge in [0.25, 0.3) is 0 Å². The molecule has 0 amide bonds. The third kappa shape index (κ3) is 2.12. The molecule has 0 bridgehead atoms. The summed E-state index contributed by atoms with van der Waals surface area (Å²) in [5, 5.41) is 0. The number of allylic oxidation sites excluding steroid dienone is 1. The van der Waals surface area contributed by atoms with Gasteiger partial charge in [0.2, 0.25) is 0 Å². The quantitative estimate of drug-likeness (QED) is 0.770. The Balaban J connectivity index is 1.65. The van der Waals surface area contributed by atoms with Crippen molar-refractivity contribution < 1.29 is 13.9 Å². The first kappa shape index (κ1) is 15.0. The lowest BCUT2D eigenvalue weighted by molar-refractivity contribution is -0.135. The standard InChI is InChI=1S/C20H26O3/c1-14-6-10-20-13-23-18(21)16(20)4-3-5-17(20)19(14,2)9-7-15-8-11-22-12-15/h4,8,11-12,14,17H,3,5-7,9-10,13H2,1-2H3/t14-,17?,19+,20-/m1/s1. The van der Waals surface area contributed by atoms with Crippen LogP contribution in [-0.4, -0.2) is 12.6 Å². The predicted octanol–water partition coefficient (Wildman–Crippen LogP) is 4.53. The summed E-state index contributed by atoms with van der Waals surface area (Å²) >= 11 is 0. The molecule has 1 aromatic rings. The largest absolute Gasteiger partial charge is 0.472 e. The van der Waals surface area contributed by atoms with Crippen LogP contribution in [0.5, 0.6) is 0 Å². The summed E-state index contributed by atoms with van der Waals surface area (Å²) in [5.74, 6) is 1.18. The second-order valence-corrected chi connectivity index (χ2v) is 8.06. The number of carbonyl (C=O) groups excluding carboxylic acids is 1. The highest BCUT2D eigenvalue weighted by atomic mass is 16.5. The molecule has 1 saturated heterocycles. The summed E-state index contributed by atoms with van der Waals surface area (Å²) in [7, 11) is 0. The second-order valence-electron chi connectivity index (χ2n) is 8.06. The molecule has 1 saturated carbocycles. The van der Waals surface area contributed by atoms with E-state index in [0.29, 0.717) is 18.4 Å². The summed E-state index contributed by atoms with van der Waals surface area (Å²) in [6.07, 6.45) is 12.5. The molecule has 4 atom stereocenters. The number of ether oxygens (including phenoxy) is 1. The first-order chi connectivity index (χ1) is 11.1. The van der Waals surface area contributed by atoms with Gasteiger partial charge in [-0.2, -0.15) is 0 Å². The van der Waals surface area contributed by atoms with Gasteiger partial charge in [-0.15, -0.1) is 0 Å². The average molecular weight is 314 g/mol. The average Bonchev–Trinajstić information content (AvgIpc) is 3.18. The molecule has 2 aliphatic carbocycles. The molecular formula is C20H26O3. The van der Waals surface area contributed by atoms with Crippen LogP contribution in [0.2, 0.25) is 0 Å². The van der Waals surface area contributed by atoms with E-state index in [0.717, 1.165) is 31.3 Å². The van der Waals surface area contributed by atoms with E-state index in [4.69, 9.17) is 9.15 Å². The normalized spacial score (nSPS) is 39.4. The van der Waals surface area contributed by atoms with E-state index in [1.54, 1.807) is 6.26 Å². The molecule has 1 aromatic heterocycles. The van der Waals surface area contributed by atoms with E-state index < -0.39 is 0 Å². The molecule has 1 spiro atoms. The van der Waals surface area contributed by atoms with Gasteiger partial charge in [0.1, 0.15) is 6.61 Å². The highest BCUT2D eigenvalue weighted by Crippen LogP contribution is 2.63. The Morgan fingerprint density at radius 3 is 3.00 bits per heavy atom. The van der Waals surface area contributed by atoms with Crippen LogP contribution in [0.4, 0.5) is 0 Å². The molecule has 3 heteroatoms. The zero-order chi connectivity index (χ0) is 16.1. The summed E-state index contributed by atoms with van der Waals surface area (Å²) in [5.41, 5.74) is 2.52. The fourth-order valence-corrected chi connectivity index (χ4v) is 5.56. The Morgan fingerprint density at radius 2 is 2.22 bits per heavy atom. The van der Waals surface area contributed by atoms with E-state index in [2.05, 4.69) is 26.0 Å². The van der Waals surface area contributed by atoms with E-state index >= 15 is 0 Å². The van der Waals surface area contributed by atoms with Crippen LogP contribution < -0.4 is 0 Å². The maximum atomic E-state index is 12.2. The SMILES string of the molecule is C[C@@H]1CC[C@@]23COC(=O)C2=CCCC3[C@@]1(C)CCc1ccoc1. The third-order valence-corrected chi connectivity index (χ3v) is 7.17. The van der Waals surface area contributed by atoms with Gasteiger partial charge in [0, 0.05) is 11.0 Å². The van der Waals surface area contributed by atoms with Crippen LogP contribution >= 0.6 is 0 Å². The summed E-state index contributed by atoms with van der Waals surface area (Å²) in [4.78, 5) is 12.2. The van der Waals surface area contributed by atoms with Gasteiger partial charge >= 0.3 is 5.97 Å². The first-order valence-electron chi connectivity index (χ1n) is 8.95. The van der Waals surface area contributed by atoms with Crippen molar-refractivity contribution in [2.75, 3.05) is 6.61 Å². The number of cyclic esters (lactones) is 1. The molecule has 0 N–H and O–H groups in total. The number of carbonyl (C=O) groups is 1. The van der Waals surface area contributed by atoms with Gasteiger partial charge < -0.3 is 9.15 Å². The topological polar surface area (TPSA) is 39.4 Å². The molecule has 3 nitrogen and oxygen atoms in total. The van der Waals surface area contributed by atoms with Crippen molar-refractivity contribution in [1.82, 2.24) is 0 Å². The minimum atomic E-state index is -0.0542. The van der Waals surface area contributed by atoms with Gasteiger partial charge in [-0.1, -0.05) is 19.9 Å². The lowest BCUT2D eigenvalue weighted by atomic mass is 9.47. The highest BCUT2D eigenvalue weighted by molar-refractivity contribution is 5.92. The molecule has 4 rings (SSSR count). The lowest BCUT2D eigenvalue weighted by Gasteiger charge is -2.56. The van der Waals surface area contributed by atoms with Crippen molar-refractivity contribution in [1.29, 1.82) is 0 Å². The Bertz CT molecular complexity index is 629. The van der Waals surface area contributed by atoms with Crippen LogP contribution in [0.15, 0.2) is 34.7 Å². The number of furan rings is 1. The number of hydrogen-bond acceptors (Lipinski definition) is 3. The van der Waals surface area contributed by atoms with Gasteiger partial charge in [-0.25, -0.2) is 4.79 Å². The lowest BCUT2D eigenvalue weighted by Crippen LogP contribution is -2.51. The minimum Gasteiger partial charge on any atom is -0.472 e. The van der Waals surface area contributed by atoms with Gasteiger partial charge in [0.15, 0.2) is 0 Å². The molecule has 3 aliphatic rings. The van der Waals surface area contributed by atoms with Crippen molar-refractivity contribution in [2.24, 2.45) is 22.7 Å². The molecular weight excluding hydrogens is 288 g/mol. The number of aryl methyl sites for hydroxylation is 1. The molecule has 0 aromatic carbocycles. The van der Waals surface area contributed by atoms with E-state index in [1.165, 1.54) is 18.4 Å². The van der Waals surface area contributed by atoms with E-state index in [-0.39, 0.29) is 16.8 Å². The monoisotopic (exact) mass is 314 g/mol. The first-order valence-corrected chi connectivity index (χ1v) is 8.95. The van der Waals surface area contributed by atoms with Crippen LogP contribution in [-0.2, 0) is 16.0 Å². The molecule has 1 unspecified atom stereocenters. The third-order valence-electron chi connectivity index (χ3n) is 7.17. The van der Waals surface area contributed by atoms with Crippen LogP contribution in [0.1, 0.15) is 51.5 Å². The zero-order valence-corrected chi connectivity index (χ0v) is 14.1. The zero-order valence-electron chi connectivity index (χ0n) is 14.1. The minimum absolute atomic E-state index is 0.00695. The van der Waals surface area contributed by atoms with Gasteiger partial charge in [-0.05, 0) is 67.4 Å². The summed E-state index contributed by atoms with van der Waals surface area (Å²) in [6, 6.07) is 2.07. The molecule has 0 radical (unpaired) electrons. The fraction of sp³-hybridized carbons (Fsp3) is 0.650. The fourth-order valence-electron chi connectivity index (χ4n) is 5.56. The Labute approximate surface area is 138 Å². The predicted molar refractivity (Wildman–Crippen MR) is 87.7 cm³/mol. The van der Waals surface area contributed by atoms with Crippen LogP contribution in [0.3, 0.4) is 0 Å². The van der Waals surface area contributed by atoms with E-state index in [1.807, 2.05) is 6.26 Å². The molecule has 2 heterocycles. The summed E-state index contributed by atoms with van der Waals surface area (Å²) < 4.78 is 10.7. The van der Waals surface area contributed by atoms with Crippen LogP contribution in [0.25, 0.3) is 0 Å². The Morgan fingerprint density at radius 1 is 1.35 bits per heavy atom. The molecule has 124 valence electrons. The van der Waals surface area contributed by atoms with Crippen molar-refractivity contribution in [3.05, 3.63) is 35.8 Å². The molecule has 23 heavy (non-hydrogen) atoms. The number of esters is 1.